The van der Waals surface area contributed by atoms with E-state index in [2.05, 4.69) is 15.3 Å². The van der Waals surface area contributed by atoms with Gasteiger partial charge in [-0.3, -0.25) is 9.78 Å². The van der Waals surface area contributed by atoms with Gasteiger partial charge in [0, 0.05) is 18.7 Å². The van der Waals surface area contributed by atoms with Gasteiger partial charge in [0.1, 0.15) is 0 Å². The normalized spacial score (nSPS) is 16.1. The molecule has 2 aromatic heterocycles. The molecule has 102 valence electrons. The maximum Gasteiger partial charge on any atom is 0.435 e. The number of aryl methyl sites for hydroxylation is 2. The van der Waals surface area contributed by atoms with Crippen LogP contribution in [0.25, 0.3) is 11.3 Å². The van der Waals surface area contributed by atoms with Gasteiger partial charge in [0.05, 0.1) is 17.0 Å². The van der Waals surface area contributed by atoms with Crippen molar-refractivity contribution in [3.63, 3.8) is 0 Å². The predicted molar refractivity (Wildman–Crippen MR) is 62.5 cm³/mol. The highest BCUT2D eigenvalue weighted by Crippen LogP contribution is 2.42. The van der Waals surface area contributed by atoms with E-state index in [1.807, 2.05) is 0 Å². The van der Waals surface area contributed by atoms with E-state index < -0.39 is 11.9 Å². The molecule has 0 aliphatic heterocycles. The number of hydrogen-bond acceptors (Lipinski definition) is 2. The molecule has 0 amide bonds. The Labute approximate surface area is 107 Å². The number of halogens is 3. The van der Waals surface area contributed by atoms with Crippen LogP contribution < -0.4 is 0 Å². The predicted octanol–water partition coefficient (Wildman–Crippen LogP) is 3.01. The maximum atomic E-state index is 12.9. The van der Waals surface area contributed by atoms with E-state index in [0.717, 1.165) is 18.5 Å². The summed E-state index contributed by atoms with van der Waals surface area (Å²) < 4.78 is 40.3. The Bertz CT molecular complexity index is 619. The van der Waals surface area contributed by atoms with Gasteiger partial charge >= 0.3 is 6.18 Å². The van der Waals surface area contributed by atoms with E-state index in [-0.39, 0.29) is 5.56 Å². The first-order chi connectivity index (χ1) is 8.88. The van der Waals surface area contributed by atoms with Crippen molar-refractivity contribution in [1.82, 2.24) is 20.0 Å². The van der Waals surface area contributed by atoms with Crippen molar-refractivity contribution in [2.24, 2.45) is 7.05 Å². The molecular formula is C12H13F3N4. The van der Waals surface area contributed by atoms with E-state index in [4.69, 9.17) is 0 Å². The molecule has 0 aromatic carbocycles. The summed E-state index contributed by atoms with van der Waals surface area (Å²) in [6, 6.07) is 1.74. The highest BCUT2D eigenvalue weighted by molar-refractivity contribution is 5.66. The van der Waals surface area contributed by atoms with Crippen LogP contribution in [0, 0.1) is 6.92 Å². The van der Waals surface area contributed by atoms with Crippen LogP contribution in [-0.4, -0.2) is 20.0 Å². The Morgan fingerprint density at radius 3 is 2.63 bits per heavy atom. The Morgan fingerprint density at radius 2 is 2.05 bits per heavy atom. The molecule has 0 saturated heterocycles. The van der Waals surface area contributed by atoms with Gasteiger partial charge in [-0.05, 0) is 25.8 Å². The van der Waals surface area contributed by atoms with Gasteiger partial charge in [0.15, 0.2) is 5.69 Å². The number of aromatic amines is 1. The Kier molecular flexibility index (Phi) is 2.48. The quantitative estimate of drug-likeness (QED) is 0.911. The standard InChI is InChI=1S/C12H13F3N4/c1-6-10(11(17-16-6)12(13,14)15)9-5-8(7-3-4-7)18-19(9)2/h5,7H,3-4H2,1-2H3,(H,16,17). The van der Waals surface area contributed by atoms with Crippen molar-refractivity contribution >= 4 is 0 Å². The van der Waals surface area contributed by atoms with Crippen molar-refractivity contribution in [2.45, 2.75) is 31.9 Å². The zero-order chi connectivity index (χ0) is 13.8. The molecule has 0 atom stereocenters. The Balaban J connectivity index is 2.13. The fourth-order valence-corrected chi connectivity index (χ4v) is 2.25. The molecular weight excluding hydrogens is 257 g/mol. The highest BCUT2D eigenvalue weighted by atomic mass is 19.4. The van der Waals surface area contributed by atoms with Crippen LogP contribution in [-0.2, 0) is 13.2 Å². The zero-order valence-electron chi connectivity index (χ0n) is 10.5. The van der Waals surface area contributed by atoms with E-state index >= 15 is 0 Å². The largest absolute Gasteiger partial charge is 0.435 e. The van der Waals surface area contributed by atoms with Crippen molar-refractivity contribution in [3.05, 3.63) is 23.1 Å². The molecule has 0 unspecified atom stereocenters. The summed E-state index contributed by atoms with van der Waals surface area (Å²) in [5.41, 5.74) is 0.939. The molecule has 19 heavy (non-hydrogen) atoms. The number of alkyl halides is 3. The summed E-state index contributed by atoms with van der Waals surface area (Å²) in [5.74, 6) is 0.404. The molecule has 1 aliphatic rings. The summed E-state index contributed by atoms with van der Waals surface area (Å²) in [5, 5.41) is 10.1. The monoisotopic (exact) mass is 270 g/mol. The lowest BCUT2D eigenvalue weighted by molar-refractivity contribution is -0.140. The molecule has 1 saturated carbocycles. The number of rotatable bonds is 2. The van der Waals surface area contributed by atoms with Gasteiger partial charge in [-0.1, -0.05) is 0 Å². The van der Waals surface area contributed by atoms with E-state index in [1.54, 1.807) is 20.0 Å². The number of nitrogens with zero attached hydrogens (tertiary/aromatic N) is 3. The lowest BCUT2D eigenvalue weighted by Crippen LogP contribution is -2.08. The summed E-state index contributed by atoms with van der Waals surface area (Å²) in [7, 11) is 1.66. The van der Waals surface area contributed by atoms with Gasteiger partial charge in [0.25, 0.3) is 0 Å². The van der Waals surface area contributed by atoms with Crippen LogP contribution >= 0.6 is 0 Å². The van der Waals surface area contributed by atoms with Crippen LogP contribution in [0.4, 0.5) is 13.2 Å². The minimum absolute atomic E-state index is 0.0920. The zero-order valence-corrected chi connectivity index (χ0v) is 10.5. The number of aromatic nitrogens is 4. The van der Waals surface area contributed by atoms with Crippen LogP contribution in [0.1, 0.15) is 35.8 Å². The smallest absolute Gasteiger partial charge is 0.282 e. The third-order valence-corrected chi connectivity index (χ3v) is 3.37. The van der Waals surface area contributed by atoms with Crippen LogP contribution in [0.15, 0.2) is 6.07 Å². The third kappa shape index (κ3) is 2.02. The minimum Gasteiger partial charge on any atom is -0.282 e. The van der Waals surface area contributed by atoms with Crippen molar-refractivity contribution < 1.29 is 13.2 Å². The second kappa shape index (κ2) is 3.85. The number of H-pyrrole nitrogens is 1. The number of hydrogen-bond donors (Lipinski definition) is 1. The van der Waals surface area contributed by atoms with Crippen LogP contribution in [0.5, 0.6) is 0 Å². The van der Waals surface area contributed by atoms with Gasteiger partial charge < -0.3 is 0 Å². The molecule has 2 heterocycles. The second-order valence-corrected chi connectivity index (χ2v) is 4.92. The van der Waals surface area contributed by atoms with Crippen LogP contribution in [0.3, 0.4) is 0 Å². The third-order valence-electron chi connectivity index (χ3n) is 3.37. The molecule has 1 aliphatic carbocycles. The van der Waals surface area contributed by atoms with E-state index in [0.29, 0.717) is 17.3 Å². The summed E-state index contributed by atoms with van der Waals surface area (Å²) in [6.07, 6.45) is -2.34. The summed E-state index contributed by atoms with van der Waals surface area (Å²) >= 11 is 0. The molecule has 1 fully saturated rings. The van der Waals surface area contributed by atoms with Crippen molar-refractivity contribution in [1.29, 1.82) is 0 Å². The topological polar surface area (TPSA) is 46.5 Å². The Morgan fingerprint density at radius 1 is 1.37 bits per heavy atom. The molecule has 2 aromatic rings. The summed E-state index contributed by atoms with van der Waals surface area (Å²) in [4.78, 5) is 0. The lowest BCUT2D eigenvalue weighted by Gasteiger charge is -2.07. The first-order valence-electron chi connectivity index (χ1n) is 6.04. The van der Waals surface area contributed by atoms with Crippen molar-refractivity contribution in [3.8, 4) is 11.3 Å². The fraction of sp³-hybridized carbons (Fsp3) is 0.500. The summed E-state index contributed by atoms with van der Waals surface area (Å²) in [6.45, 7) is 1.58. The average molecular weight is 270 g/mol. The lowest BCUT2D eigenvalue weighted by atomic mass is 10.1. The van der Waals surface area contributed by atoms with E-state index in [9.17, 15) is 13.2 Å². The second-order valence-electron chi connectivity index (χ2n) is 4.92. The molecule has 4 nitrogen and oxygen atoms in total. The molecule has 0 spiro atoms. The minimum atomic E-state index is -4.47. The maximum absolute atomic E-state index is 12.9. The van der Waals surface area contributed by atoms with Gasteiger partial charge in [-0.15, -0.1) is 0 Å². The first kappa shape index (κ1) is 12.3. The fourth-order valence-electron chi connectivity index (χ4n) is 2.25. The van der Waals surface area contributed by atoms with Crippen molar-refractivity contribution in [2.75, 3.05) is 0 Å². The molecule has 1 N–H and O–H groups in total. The molecule has 0 bridgehead atoms. The first-order valence-corrected chi connectivity index (χ1v) is 6.04. The molecule has 3 rings (SSSR count). The van der Waals surface area contributed by atoms with Crippen LogP contribution in [0.2, 0.25) is 0 Å². The SMILES string of the molecule is Cc1[nH]nc(C(F)(F)F)c1-c1cc(C2CC2)nn1C. The molecule has 0 radical (unpaired) electrons. The van der Waals surface area contributed by atoms with E-state index in [1.165, 1.54) is 4.68 Å². The Hall–Kier alpha value is -1.79. The van der Waals surface area contributed by atoms with Gasteiger partial charge in [-0.25, -0.2) is 0 Å². The molecule has 7 heteroatoms. The van der Waals surface area contributed by atoms with Gasteiger partial charge in [0.2, 0.25) is 0 Å². The number of nitrogens with one attached hydrogen (secondary N) is 1. The van der Waals surface area contributed by atoms with Gasteiger partial charge in [-0.2, -0.15) is 23.4 Å². The highest BCUT2D eigenvalue weighted by Gasteiger charge is 2.39. The average Bonchev–Trinajstić information content (AvgIpc) is 2.97.